The summed E-state index contributed by atoms with van der Waals surface area (Å²) in [6.45, 7) is 5.80. The first-order valence-electron chi connectivity index (χ1n) is 5.71. The fourth-order valence-electron chi connectivity index (χ4n) is 1.74. The zero-order valence-corrected chi connectivity index (χ0v) is 9.79. The van der Waals surface area contributed by atoms with E-state index in [1.807, 2.05) is 6.92 Å². The lowest BCUT2D eigenvalue weighted by atomic mass is 10.1. The molecule has 0 amide bonds. The zero-order valence-electron chi connectivity index (χ0n) is 9.79. The molecule has 0 unspecified atom stereocenters. The van der Waals surface area contributed by atoms with Crippen molar-refractivity contribution in [2.24, 2.45) is 0 Å². The van der Waals surface area contributed by atoms with Crippen LogP contribution in [0.3, 0.4) is 0 Å². The summed E-state index contributed by atoms with van der Waals surface area (Å²) in [7, 11) is 0. The number of hydrogen-bond acceptors (Lipinski definition) is 3. The maximum absolute atomic E-state index is 8.69. The molecule has 3 nitrogen and oxygen atoms in total. The van der Waals surface area contributed by atoms with Crippen molar-refractivity contribution >= 4 is 0 Å². The molecule has 0 radical (unpaired) electrons. The fraction of sp³-hybridized carbons (Fsp3) is 0.833. The van der Waals surface area contributed by atoms with Gasteiger partial charge in [-0.15, -0.1) is 0 Å². The predicted molar refractivity (Wildman–Crippen MR) is 59.6 cm³/mol. The van der Waals surface area contributed by atoms with E-state index in [4.69, 9.17) is 14.6 Å². The van der Waals surface area contributed by atoms with Crippen LogP contribution in [-0.2, 0) is 9.47 Å². The van der Waals surface area contributed by atoms with Crippen LogP contribution in [0.5, 0.6) is 0 Å². The van der Waals surface area contributed by atoms with Gasteiger partial charge in [0.1, 0.15) is 0 Å². The second-order valence-electron chi connectivity index (χ2n) is 4.25. The summed E-state index contributed by atoms with van der Waals surface area (Å²) >= 11 is 0. The summed E-state index contributed by atoms with van der Waals surface area (Å²) in [6.07, 6.45) is 5.94. The highest BCUT2D eigenvalue weighted by atomic mass is 16.7. The Labute approximate surface area is 92.1 Å². The molecule has 88 valence electrons. The van der Waals surface area contributed by atoms with E-state index in [9.17, 15) is 0 Å². The summed E-state index contributed by atoms with van der Waals surface area (Å²) in [6, 6.07) is 0. The molecule has 3 heteroatoms. The van der Waals surface area contributed by atoms with Crippen LogP contribution in [0, 0.1) is 0 Å². The third kappa shape index (κ3) is 4.78. The lowest BCUT2D eigenvalue weighted by molar-refractivity contribution is -0.145. The monoisotopic (exact) mass is 214 g/mol. The van der Waals surface area contributed by atoms with Gasteiger partial charge in [-0.2, -0.15) is 0 Å². The number of hydrogen-bond donors (Lipinski definition) is 1. The summed E-state index contributed by atoms with van der Waals surface area (Å²) in [5, 5.41) is 8.69. The predicted octanol–water partition coefficient (Wildman–Crippen LogP) is 2.25. The van der Waals surface area contributed by atoms with Crippen LogP contribution in [0.25, 0.3) is 0 Å². The number of aliphatic hydroxyl groups is 1. The first-order valence-corrected chi connectivity index (χ1v) is 5.71. The first kappa shape index (κ1) is 12.7. The standard InChI is InChI=1S/C12H22O3/c1-11(6-4-8-13)5-3-7-12(2)14-9-10-15-12/h5,13H,3-4,6-10H2,1-2H3/b11-5+. The van der Waals surface area contributed by atoms with Crippen molar-refractivity contribution < 1.29 is 14.6 Å². The van der Waals surface area contributed by atoms with Crippen LogP contribution in [0.1, 0.15) is 39.5 Å². The van der Waals surface area contributed by atoms with Crippen LogP contribution in [-0.4, -0.2) is 30.7 Å². The minimum atomic E-state index is -0.367. The summed E-state index contributed by atoms with van der Waals surface area (Å²) < 4.78 is 11.0. The van der Waals surface area contributed by atoms with E-state index in [2.05, 4.69) is 13.0 Å². The van der Waals surface area contributed by atoms with Crippen molar-refractivity contribution in [2.75, 3.05) is 19.8 Å². The largest absolute Gasteiger partial charge is 0.396 e. The Morgan fingerprint density at radius 2 is 2.07 bits per heavy atom. The van der Waals surface area contributed by atoms with Crippen molar-refractivity contribution in [3.05, 3.63) is 11.6 Å². The van der Waals surface area contributed by atoms with E-state index < -0.39 is 0 Å². The number of allylic oxidation sites excluding steroid dienone is 2. The Kier molecular flexibility index (Phi) is 5.29. The lowest BCUT2D eigenvalue weighted by Gasteiger charge is -2.21. The Morgan fingerprint density at radius 3 is 2.67 bits per heavy atom. The lowest BCUT2D eigenvalue weighted by Crippen LogP contribution is -2.24. The molecular weight excluding hydrogens is 192 g/mol. The van der Waals surface area contributed by atoms with E-state index in [-0.39, 0.29) is 12.4 Å². The van der Waals surface area contributed by atoms with E-state index >= 15 is 0 Å². The highest BCUT2D eigenvalue weighted by Crippen LogP contribution is 2.24. The fourth-order valence-corrected chi connectivity index (χ4v) is 1.74. The molecule has 1 aliphatic heterocycles. The van der Waals surface area contributed by atoms with Crippen LogP contribution < -0.4 is 0 Å². The van der Waals surface area contributed by atoms with Gasteiger partial charge in [0.15, 0.2) is 5.79 Å². The molecule has 1 aliphatic rings. The van der Waals surface area contributed by atoms with Crippen molar-refractivity contribution in [2.45, 2.75) is 45.3 Å². The maximum Gasteiger partial charge on any atom is 0.166 e. The van der Waals surface area contributed by atoms with E-state index in [0.29, 0.717) is 13.2 Å². The van der Waals surface area contributed by atoms with Crippen molar-refractivity contribution in [3.8, 4) is 0 Å². The van der Waals surface area contributed by atoms with Crippen molar-refractivity contribution in [1.29, 1.82) is 0 Å². The highest BCUT2D eigenvalue weighted by molar-refractivity contribution is 4.98. The van der Waals surface area contributed by atoms with Crippen LogP contribution in [0.2, 0.25) is 0 Å². The van der Waals surface area contributed by atoms with E-state index in [1.54, 1.807) is 0 Å². The Morgan fingerprint density at radius 1 is 1.40 bits per heavy atom. The molecule has 0 aliphatic carbocycles. The molecule has 0 bridgehead atoms. The first-order chi connectivity index (χ1) is 7.16. The van der Waals surface area contributed by atoms with Crippen LogP contribution >= 0.6 is 0 Å². The summed E-state index contributed by atoms with van der Waals surface area (Å²) in [5.74, 6) is -0.367. The van der Waals surface area contributed by atoms with Gasteiger partial charge in [0, 0.05) is 13.0 Å². The van der Waals surface area contributed by atoms with Gasteiger partial charge in [0.05, 0.1) is 13.2 Å². The van der Waals surface area contributed by atoms with Crippen LogP contribution in [0.4, 0.5) is 0 Å². The molecule has 1 saturated heterocycles. The average molecular weight is 214 g/mol. The van der Waals surface area contributed by atoms with Gasteiger partial charge in [-0.25, -0.2) is 0 Å². The Balaban J connectivity index is 2.19. The van der Waals surface area contributed by atoms with Crippen molar-refractivity contribution in [3.63, 3.8) is 0 Å². The SMILES string of the molecule is C/C(=C\CCC1(C)OCCO1)CCCO. The van der Waals surface area contributed by atoms with Gasteiger partial charge in [0.2, 0.25) is 0 Å². The third-order valence-electron chi connectivity index (χ3n) is 2.72. The zero-order chi connectivity index (χ0) is 11.1. The normalized spacial score (nSPS) is 20.9. The smallest absolute Gasteiger partial charge is 0.166 e. The molecule has 0 aromatic carbocycles. The molecule has 0 aromatic rings. The second kappa shape index (κ2) is 6.26. The molecule has 0 spiro atoms. The number of ether oxygens (including phenoxy) is 2. The van der Waals surface area contributed by atoms with Gasteiger partial charge in [-0.1, -0.05) is 11.6 Å². The van der Waals surface area contributed by atoms with Gasteiger partial charge >= 0.3 is 0 Å². The Bertz CT molecular complexity index is 205. The minimum absolute atomic E-state index is 0.273. The summed E-state index contributed by atoms with van der Waals surface area (Å²) in [4.78, 5) is 0. The molecule has 15 heavy (non-hydrogen) atoms. The second-order valence-corrected chi connectivity index (χ2v) is 4.25. The van der Waals surface area contributed by atoms with E-state index in [1.165, 1.54) is 5.57 Å². The minimum Gasteiger partial charge on any atom is -0.396 e. The molecule has 0 aromatic heterocycles. The van der Waals surface area contributed by atoms with Gasteiger partial charge < -0.3 is 14.6 Å². The quantitative estimate of drug-likeness (QED) is 0.689. The molecule has 0 saturated carbocycles. The van der Waals surface area contributed by atoms with Gasteiger partial charge in [0.25, 0.3) is 0 Å². The molecule has 1 heterocycles. The van der Waals surface area contributed by atoms with Gasteiger partial charge in [-0.05, 0) is 33.1 Å². The molecule has 1 fully saturated rings. The Hall–Kier alpha value is -0.380. The summed E-state index contributed by atoms with van der Waals surface area (Å²) in [5.41, 5.74) is 1.34. The maximum atomic E-state index is 8.69. The highest BCUT2D eigenvalue weighted by Gasteiger charge is 2.29. The third-order valence-corrected chi connectivity index (χ3v) is 2.72. The van der Waals surface area contributed by atoms with Gasteiger partial charge in [-0.3, -0.25) is 0 Å². The molecular formula is C12H22O3. The van der Waals surface area contributed by atoms with Crippen LogP contribution in [0.15, 0.2) is 11.6 Å². The molecule has 0 atom stereocenters. The molecule has 1 rings (SSSR count). The van der Waals surface area contributed by atoms with Crippen molar-refractivity contribution in [1.82, 2.24) is 0 Å². The average Bonchev–Trinajstić information content (AvgIpc) is 2.62. The number of aliphatic hydroxyl groups excluding tert-OH is 1. The number of rotatable bonds is 6. The van der Waals surface area contributed by atoms with E-state index in [0.717, 1.165) is 25.7 Å². The topological polar surface area (TPSA) is 38.7 Å². The molecule has 1 N–H and O–H groups in total.